The van der Waals surface area contributed by atoms with Gasteiger partial charge in [-0.15, -0.1) is 11.3 Å². The van der Waals surface area contributed by atoms with Gasteiger partial charge in [0.1, 0.15) is 5.75 Å². The van der Waals surface area contributed by atoms with Crippen molar-refractivity contribution in [3.05, 3.63) is 45.9 Å². The maximum absolute atomic E-state index is 5.30. The highest BCUT2D eigenvalue weighted by molar-refractivity contribution is 7.09. The predicted octanol–water partition coefficient (Wildman–Crippen LogP) is 3.35. The fraction of sp³-hybridized carbons (Fsp3) is 0.400. The van der Waals surface area contributed by atoms with Crippen LogP contribution in [0.5, 0.6) is 5.75 Å². The molecular weight excluding hydrogens is 256 g/mol. The van der Waals surface area contributed by atoms with Crippen LogP contribution in [0, 0.1) is 6.92 Å². The molecule has 0 fully saturated rings. The third kappa shape index (κ3) is 3.78. The van der Waals surface area contributed by atoms with Gasteiger partial charge < -0.3 is 10.1 Å². The summed E-state index contributed by atoms with van der Waals surface area (Å²) in [5.41, 5.74) is 2.39. The molecule has 1 aromatic carbocycles. The normalized spacial score (nSPS) is 12.4. The van der Waals surface area contributed by atoms with Crippen LogP contribution in [0.25, 0.3) is 0 Å². The van der Waals surface area contributed by atoms with Gasteiger partial charge in [0, 0.05) is 17.8 Å². The first-order chi connectivity index (χ1) is 9.22. The van der Waals surface area contributed by atoms with E-state index in [0.717, 1.165) is 29.4 Å². The number of nitrogens with zero attached hydrogens (tertiary/aromatic N) is 1. The van der Waals surface area contributed by atoms with E-state index in [9.17, 15) is 0 Å². The first kappa shape index (κ1) is 14.0. The number of methoxy groups -OCH3 is 1. The van der Waals surface area contributed by atoms with Crippen LogP contribution in [-0.4, -0.2) is 18.6 Å². The molecule has 0 aliphatic rings. The number of thiazole rings is 1. The lowest BCUT2D eigenvalue weighted by atomic mass is 10.0. The highest BCUT2D eigenvalue weighted by Crippen LogP contribution is 2.23. The molecule has 1 heterocycles. The second-order valence-corrected chi connectivity index (χ2v) is 5.51. The summed E-state index contributed by atoms with van der Waals surface area (Å²) in [6, 6.07) is 8.51. The number of hydrogen-bond donors (Lipinski definition) is 1. The number of rotatable bonds is 6. The summed E-state index contributed by atoms with van der Waals surface area (Å²) in [6.07, 6.45) is 0.908. The molecule has 0 saturated carbocycles. The van der Waals surface area contributed by atoms with Gasteiger partial charge >= 0.3 is 0 Å². The topological polar surface area (TPSA) is 34.2 Å². The molecule has 1 aromatic heterocycles. The number of likely N-dealkylation sites (N-methyl/N-ethyl adjacent to an activating group) is 1. The molecule has 0 aliphatic heterocycles. The van der Waals surface area contributed by atoms with Crippen LogP contribution in [0.15, 0.2) is 29.6 Å². The van der Waals surface area contributed by atoms with Crippen molar-refractivity contribution < 1.29 is 4.74 Å². The van der Waals surface area contributed by atoms with Crippen molar-refractivity contribution in [3.63, 3.8) is 0 Å². The van der Waals surface area contributed by atoms with Crippen molar-refractivity contribution >= 4 is 11.3 Å². The van der Waals surface area contributed by atoms with Gasteiger partial charge in [-0.05, 0) is 31.2 Å². The summed E-state index contributed by atoms with van der Waals surface area (Å²) in [5.74, 6) is 0.898. The van der Waals surface area contributed by atoms with E-state index in [-0.39, 0.29) is 6.04 Å². The zero-order valence-corrected chi connectivity index (χ0v) is 12.5. The minimum absolute atomic E-state index is 0.279. The molecule has 1 atom stereocenters. The highest BCUT2D eigenvalue weighted by Gasteiger charge is 2.13. The molecule has 2 aromatic rings. The summed E-state index contributed by atoms with van der Waals surface area (Å²) in [4.78, 5) is 4.55. The first-order valence-electron chi connectivity index (χ1n) is 6.51. The standard InChI is InChI=1S/C15H20N2OS/c1-4-16-15(9-13-10-19-11(2)17-13)12-6-5-7-14(8-12)18-3/h5-8,10,15-16H,4,9H2,1-3H3. The lowest BCUT2D eigenvalue weighted by Gasteiger charge is -2.18. The second-order valence-electron chi connectivity index (χ2n) is 4.45. The van der Waals surface area contributed by atoms with E-state index >= 15 is 0 Å². The lowest BCUT2D eigenvalue weighted by Crippen LogP contribution is -2.23. The number of hydrogen-bond acceptors (Lipinski definition) is 4. The van der Waals surface area contributed by atoms with Crippen LogP contribution in [0.4, 0.5) is 0 Å². The van der Waals surface area contributed by atoms with Crippen LogP contribution in [0.3, 0.4) is 0 Å². The quantitative estimate of drug-likeness (QED) is 0.878. The Morgan fingerprint density at radius 2 is 2.26 bits per heavy atom. The van der Waals surface area contributed by atoms with E-state index in [2.05, 4.69) is 34.7 Å². The number of aromatic nitrogens is 1. The van der Waals surface area contributed by atoms with Gasteiger partial charge in [0.05, 0.1) is 17.8 Å². The van der Waals surface area contributed by atoms with Gasteiger partial charge in [-0.3, -0.25) is 0 Å². The maximum Gasteiger partial charge on any atom is 0.119 e. The summed E-state index contributed by atoms with van der Waals surface area (Å²) in [6.45, 7) is 5.10. The molecule has 0 bridgehead atoms. The third-order valence-corrected chi connectivity index (χ3v) is 3.85. The Labute approximate surface area is 118 Å². The van der Waals surface area contributed by atoms with Crippen LogP contribution in [-0.2, 0) is 6.42 Å². The average molecular weight is 276 g/mol. The molecule has 0 amide bonds. The van der Waals surface area contributed by atoms with E-state index in [1.165, 1.54) is 5.56 Å². The van der Waals surface area contributed by atoms with Gasteiger partial charge in [-0.2, -0.15) is 0 Å². The smallest absolute Gasteiger partial charge is 0.119 e. The predicted molar refractivity (Wildman–Crippen MR) is 80.0 cm³/mol. The summed E-state index contributed by atoms with van der Waals surface area (Å²) < 4.78 is 5.30. The Bertz CT molecular complexity index is 524. The fourth-order valence-electron chi connectivity index (χ4n) is 2.12. The zero-order valence-electron chi connectivity index (χ0n) is 11.6. The third-order valence-electron chi connectivity index (χ3n) is 3.03. The minimum atomic E-state index is 0.279. The fourth-order valence-corrected chi connectivity index (χ4v) is 2.75. The molecule has 4 heteroatoms. The van der Waals surface area contributed by atoms with Gasteiger partial charge in [-0.1, -0.05) is 19.1 Å². The van der Waals surface area contributed by atoms with E-state index in [1.54, 1.807) is 18.4 Å². The Morgan fingerprint density at radius 1 is 1.42 bits per heavy atom. The molecule has 19 heavy (non-hydrogen) atoms. The van der Waals surface area contributed by atoms with Gasteiger partial charge in [-0.25, -0.2) is 4.98 Å². The molecule has 0 radical (unpaired) electrons. The van der Waals surface area contributed by atoms with Crippen LogP contribution in [0.1, 0.15) is 29.2 Å². The molecule has 102 valence electrons. The molecule has 0 saturated heterocycles. The number of nitrogens with one attached hydrogen (secondary N) is 1. The SMILES string of the molecule is CCNC(Cc1csc(C)n1)c1cccc(OC)c1. The average Bonchev–Trinajstić information content (AvgIpc) is 2.84. The maximum atomic E-state index is 5.30. The van der Waals surface area contributed by atoms with Crippen molar-refractivity contribution in [2.45, 2.75) is 26.3 Å². The zero-order chi connectivity index (χ0) is 13.7. The van der Waals surface area contributed by atoms with Crippen LogP contribution >= 0.6 is 11.3 Å². The van der Waals surface area contributed by atoms with E-state index in [0.29, 0.717) is 0 Å². The van der Waals surface area contributed by atoms with Crippen molar-refractivity contribution in [2.75, 3.05) is 13.7 Å². The van der Waals surface area contributed by atoms with Gasteiger partial charge in [0.2, 0.25) is 0 Å². The number of benzene rings is 1. The lowest BCUT2D eigenvalue weighted by molar-refractivity contribution is 0.413. The Morgan fingerprint density at radius 3 is 2.89 bits per heavy atom. The van der Waals surface area contributed by atoms with Gasteiger partial charge in [0.25, 0.3) is 0 Å². The second kappa shape index (κ2) is 6.68. The monoisotopic (exact) mass is 276 g/mol. The van der Waals surface area contributed by atoms with Crippen LogP contribution < -0.4 is 10.1 Å². The Balaban J connectivity index is 2.18. The molecular formula is C15H20N2OS. The summed E-state index contributed by atoms with van der Waals surface area (Å²) in [5, 5.41) is 6.78. The number of ether oxygens (including phenoxy) is 1. The minimum Gasteiger partial charge on any atom is -0.497 e. The number of aryl methyl sites for hydroxylation is 1. The molecule has 3 nitrogen and oxygen atoms in total. The van der Waals surface area contributed by atoms with E-state index in [4.69, 9.17) is 4.74 Å². The largest absolute Gasteiger partial charge is 0.497 e. The van der Waals surface area contributed by atoms with Crippen molar-refractivity contribution in [1.29, 1.82) is 0 Å². The molecule has 1 N–H and O–H groups in total. The summed E-state index contributed by atoms with van der Waals surface area (Å²) in [7, 11) is 1.70. The van der Waals surface area contributed by atoms with Crippen molar-refractivity contribution in [2.24, 2.45) is 0 Å². The molecule has 2 rings (SSSR count). The molecule has 1 unspecified atom stereocenters. The van der Waals surface area contributed by atoms with Gasteiger partial charge in [0.15, 0.2) is 0 Å². The molecule has 0 aliphatic carbocycles. The van der Waals surface area contributed by atoms with E-state index < -0.39 is 0 Å². The summed E-state index contributed by atoms with van der Waals surface area (Å²) >= 11 is 1.70. The van der Waals surface area contributed by atoms with Crippen molar-refractivity contribution in [3.8, 4) is 5.75 Å². The Hall–Kier alpha value is -1.39. The highest BCUT2D eigenvalue weighted by atomic mass is 32.1. The first-order valence-corrected chi connectivity index (χ1v) is 7.39. The van der Waals surface area contributed by atoms with Crippen molar-refractivity contribution in [1.82, 2.24) is 10.3 Å². The van der Waals surface area contributed by atoms with E-state index in [1.807, 2.05) is 19.1 Å². The molecule has 0 spiro atoms. The van der Waals surface area contributed by atoms with Crippen LogP contribution in [0.2, 0.25) is 0 Å². The Kier molecular flexibility index (Phi) is 4.93.